The number of aryl methyl sites for hydroxylation is 1. The second-order valence-electron chi connectivity index (χ2n) is 2.47. The third-order valence-corrected chi connectivity index (χ3v) is 2.14. The number of nitrogens with zero attached hydrogens (tertiary/aromatic N) is 2. The minimum absolute atomic E-state index is 0.115. The van der Waals surface area contributed by atoms with Crippen molar-refractivity contribution in [2.45, 2.75) is 12.1 Å². The summed E-state index contributed by atoms with van der Waals surface area (Å²) in [5.41, 5.74) is 0. The quantitative estimate of drug-likeness (QED) is 0.540. The van der Waals surface area contributed by atoms with E-state index in [2.05, 4.69) is 26.4 Å². The summed E-state index contributed by atoms with van der Waals surface area (Å²) in [5, 5.41) is 9.68. The zero-order chi connectivity index (χ0) is 10.4. The topological polar surface area (TPSA) is 70.7 Å². The van der Waals surface area contributed by atoms with Crippen LogP contribution in [0.3, 0.4) is 0 Å². The molecule has 0 aromatic carbocycles. The van der Waals surface area contributed by atoms with E-state index in [1.807, 2.05) is 0 Å². The molecule has 14 heavy (non-hydrogen) atoms. The lowest BCUT2D eigenvalue weighted by Crippen LogP contribution is -2.25. The number of aromatic nitrogens is 3. The maximum atomic E-state index is 11.1. The van der Waals surface area contributed by atoms with Crippen molar-refractivity contribution in [3.8, 4) is 12.3 Å². The standard InChI is InChI=1S/C8H10N4OS/c1-3-4-9-7(13)5-14-8-10-6(2)11-12-8/h1H,4-5H2,2H3,(H,9,13)(H,10,11,12). The zero-order valence-electron chi connectivity index (χ0n) is 7.70. The lowest BCUT2D eigenvalue weighted by atomic mass is 10.6. The van der Waals surface area contributed by atoms with Gasteiger partial charge < -0.3 is 5.32 Å². The van der Waals surface area contributed by atoms with E-state index >= 15 is 0 Å². The van der Waals surface area contributed by atoms with Gasteiger partial charge in [-0.2, -0.15) is 0 Å². The first-order valence-electron chi connectivity index (χ1n) is 3.94. The highest BCUT2D eigenvalue weighted by molar-refractivity contribution is 7.99. The van der Waals surface area contributed by atoms with E-state index in [9.17, 15) is 4.79 Å². The smallest absolute Gasteiger partial charge is 0.231 e. The Morgan fingerprint density at radius 3 is 3.14 bits per heavy atom. The molecule has 0 radical (unpaired) electrons. The lowest BCUT2D eigenvalue weighted by Gasteiger charge is -1.97. The highest BCUT2D eigenvalue weighted by Gasteiger charge is 2.04. The number of H-pyrrole nitrogens is 1. The SMILES string of the molecule is C#CCNC(=O)CSc1n[nH]c(C)n1. The predicted molar refractivity (Wildman–Crippen MR) is 53.7 cm³/mol. The van der Waals surface area contributed by atoms with Crippen molar-refractivity contribution in [2.24, 2.45) is 0 Å². The van der Waals surface area contributed by atoms with Gasteiger partial charge in [-0.1, -0.05) is 17.7 Å². The van der Waals surface area contributed by atoms with Crippen LogP contribution < -0.4 is 5.32 Å². The summed E-state index contributed by atoms with van der Waals surface area (Å²) >= 11 is 1.27. The number of nitrogens with one attached hydrogen (secondary N) is 2. The molecule has 2 N–H and O–H groups in total. The summed E-state index contributed by atoms with van der Waals surface area (Å²) in [6.45, 7) is 2.06. The largest absolute Gasteiger partial charge is 0.344 e. The number of terminal acetylenes is 1. The van der Waals surface area contributed by atoms with Crippen molar-refractivity contribution in [2.75, 3.05) is 12.3 Å². The van der Waals surface area contributed by atoms with Gasteiger partial charge in [0, 0.05) is 0 Å². The minimum atomic E-state index is -0.115. The molecule has 0 saturated heterocycles. The first-order valence-corrected chi connectivity index (χ1v) is 4.93. The van der Waals surface area contributed by atoms with Crippen LogP contribution in [0.4, 0.5) is 0 Å². The Bertz CT molecular complexity index is 354. The van der Waals surface area contributed by atoms with Crippen LogP contribution >= 0.6 is 11.8 Å². The number of amides is 1. The van der Waals surface area contributed by atoms with Crippen LogP contribution in [0.2, 0.25) is 0 Å². The summed E-state index contributed by atoms with van der Waals surface area (Å²) in [5.74, 6) is 3.22. The van der Waals surface area contributed by atoms with Gasteiger partial charge in [0.25, 0.3) is 0 Å². The van der Waals surface area contributed by atoms with Gasteiger partial charge in [0.15, 0.2) is 0 Å². The average molecular weight is 210 g/mol. The van der Waals surface area contributed by atoms with Gasteiger partial charge in [-0.05, 0) is 6.92 Å². The molecule has 0 fully saturated rings. The van der Waals surface area contributed by atoms with E-state index in [0.717, 1.165) is 5.82 Å². The molecule has 0 saturated carbocycles. The number of aromatic amines is 1. The number of thioether (sulfide) groups is 1. The molecule has 0 bridgehead atoms. The molecule has 0 atom stereocenters. The van der Waals surface area contributed by atoms with Gasteiger partial charge in [0.2, 0.25) is 11.1 Å². The number of carbonyl (C=O) groups excluding carboxylic acids is 1. The lowest BCUT2D eigenvalue weighted by molar-refractivity contribution is -0.118. The fourth-order valence-corrected chi connectivity index (χ4v) is 1.39. The molecule has 1 rings (SSSR count). The first-order chi connectivity index (χ1) is 6.72. The Kier molecular flexibility index (Phi) is 4.01. The summed E-state index contributed by atoms with van der Waals surface area (Å²) < 4.78 is 0. The highest BCUT2D eigenvalue weighted by atomic mass is 32.2. The van der Waals surface area contributed by atoms with E-state index in [1.54, 1.807) is 6.92 Å². The molecule has 1 heterocycles. The van der Waals surface area contributed by atoms with Crippen LogP contribution in [0.5, 0.6) is 0 Å². The Morgan fingerprint density at radius 1 is 1.79 bits per heavy atom. The summed E-state index contributed by atoms with van der Waals surface area (Å²) in [7, 11) is 0. The number of hydrogen-bond donors (Lipinski definition) is 2. The molecule has 1 aromatic heterocycles. The van der Waals surface area contributed by atoms with E-state index in [0.29, 0.717) is 5.16 Å². The van der Waals surface area contributed by atoms with Crippen LogP contribution in [0.1, 0.15) is 5.82 Å². The maximum absolute atomic E-state index is 11.1. The van der Waals surface area contributed by atoms with Gasteiger partial charge in [-0.15, -0.1) is 11.5 Å². The molecular weight excluding hydrogens is 200 g/mol. The van der Waals surface area contributed by atoms with Crippen molar-refractivity contribution >= 4 is 17.7 Å². The Balaban J connectivity index is 2.27. The normalized spacial score (nSPS) is 9.43. The van der Waals surface area contributed by atoms with E-state index < -0.39 is 0 Å². The molecule has 0 aliphatic carbocycles. The van der Waals surface area contributed by atoms with E-state index in [1.165, 1.54) is 11.8 Å². The second-order valence-corrected chi connectivity index (χ2v) is 3.42. The van der Waals surface area contributed by atoms with Gasteiger partial charge in [0.1, 0.15) is 5.82 Å². The molecular formula is C8H10N4OS. The Labute approximate surface area is 86.1 Å². The van der Waals surface area contributed by atoms with Crippen molar-refractivity contribution in [3.05, 3.63) is 5.82 Å². The van der Waals surface area contributed by atoms with Crippen LogP contribution in [-0.4, -0.2) is 33.4 Å². The van der Waals surface area contributed by atoms with Crippen molar-refractivity contribution in [3.63, 3.8) is 0 Å². The van der Waals surface area contributed by atoms with Crippen molar-refractivity contribution < 1.29 is 4.79 Å². The minimum Gasteiger partial charge on any atom is -0.344 e. The molecule has 1 amide bonds. The van der Waals surface area contributed by atoms with Crippen LogP contribution in [0, 0.1) is 19.3 Å². The molecule has 0 aliphatic heterocycles. The predicted octanol–water partition coefficient (Wildman–Crippen LogP) is -0.0454. The maximum Gasteiger partial charge on any atom is 0.231 e. The molecule has 0 spiro atoms. The third-order valence-electron chi connectivity index (χ3n) is 1.30. The fraction of sp³-hybridized carbons (Fsp3) is 0.375. The Morgan fingerprint density at radius 2 is 2.57 bits per heavy atom. The van der Waals surface area contributed by atoms with E-state index in [-0.39, 0.29) is 18.2 Å². The van der Waals surface area contributed by atoms with Crippen molar-refractivity contribution in [1.82, 2.24) is 20.5 Å². The van der Waals surface area contributed by atoms with Crippen LogP contribution in [0.15, 0.2) is 5.16 Å². The summed E-state index contributed by atoms with van der Waals surface area (Å²) in [6.07, 6.45) is 4.99. The van der Waals surface area contributed by atoms with Gasteiger partial charge in [0.05, 0.1) is 12.3 Å². The number of rotatable bonds is 4. The zero-order valence-corrected chi connectivity index (χ0v) is 8.52. The monoisotopic (exact) mass is 210 g/mol. The molecule has 0 aliphatic rings. The van der Waals surface area contributed by atoms with Gasteiger partial charge in [-0.3, -0.25) is 9.89 Å². The van der Waals surface area contributed by atoms with E-state index in [4.69, 9.17) is 6.42 Å². The molecule has 0 unspecified atom stereocenters. The van der Waals surface area contributed by atoms with Crippen molar-refractivity contribution in [1.29, 1.82) is 0 Å². The number of carbonyl (C=O) groups is 1. The second kappa shape index (κ2) is 5.29. The molecule has 6 heteroatoms. The molecule has 74 valence electrons. The number of hydrogen-bond acceptors (Lipinski definition) is 4. The summed E-state index contributed by atoms with van der Waals surface area (Å²) in [6, 6.07) is 0. The summed E-state index contributed by atoms with van der Waals surface area (Å²) in [4.78, 5) is 15.1. The Hall–Kier alpha value is -1.48. The molecule has 5 nitrogen and oxygen atoms in total. The fourth-order valence-electron chi connectivity index (χ4n) is 0.717. The third kappa shape index (κ3) is 3.49. The van der Waals surface area contributed by atoms with Crippen LogP contribution in [0.25, 0.3) is 0 Å². The average Bonchev–Trinajstić information content (AvgIpc) is 2.58. The van der Waals surface area contributed by atoms with Crippen LogP contribution in [-0.2, 0) is 4.79 Å². The first kappa shape index (κ1) is 10.6. The highest BCUT2D eigenvalue weighted by Crippen LogP contribution is 2.10. The van der Waals surface area contributed by atoms with Gasteiger partial charge in [-0.25, -0.2) is 4.98 Å². The molecule has 1 aromatic rings. The van der Waals surface area contributed by atoms with Gasteiger partial charge >= 0.3 is 0 Å².